The highest BCUT2D eigenvalue weighted by molar-refractivity contribution is 6.31. The maximum Gasteiger partial charge on any atom is 0.270 e. The van der Waals surface area contributed by atoms with Gasteiger partial charge in [0, 0.05) is 22.7 Å². The second-order valence-electron chi connectivity index (χ2n) is 6.73. The Bertz CT molecular complexity index is 772. The Kier molecular flexibility index (Phi) is 6.39. The lowest BCUT2D eigenvalue weighted by molar-refractivity contribution is -1.02. The van der Waals surface area contributed by atoms with Gasteiger partial charge in [0.2, 0.25) is 0 Å². The predicted molar refractivity (Wildman–Crippen MR) is 104 cm³/mol. The van der Waals surface area contributed by atoms with E-state index in [1.54, 1.807) is 17.0 Å². The first-order valence-electron chi connectivity index (χ1n) is 8.93. The van der Waals surface area contributed by atoms with Crippen molar-refractivity contribution >= 4 is 23.4 Å². The van der Waals surface area contributed by atoms with Crippen molar-refractivity contribution in [3.63, 3.8) is 0 Å². The van der Waals surface area contributed by atoms with Gasteiger partial charge in [0.25, 0.3) is 5.69 Å². The molecule has 26 heavy (non-hydrogen) atoms. The number of halogens is 1. The van der Waals surface area contributed by atoms with Crippen LogP contribution < -0.4 is 9.80 Å². The van der Waals surface area contributed by atoms with Gasteiger partial charge >= 0.3 is 0 Å². The van der Waals surface area contributed by atoms with E-state index in [1.807, 2.05) is 18.2 Å². The second kappa shape index (κ2) is 8.94. The highest BCUT2D eigenvalue weighted by Crippen LogP contribution is 2.21. The van der Waals surface area contributed by atoms with Gasteiger partial charge in [-0.25, -0.2) is 0 Å². The zero-order valence-corrected chi connectivity index (χ0v) is 15.4. The lowest BCUT2D eigenvalue weighted by atomic mass is 10.1. The average molecular weight is 374 g/mol. The summed E-state index contributed by atoms with van der Waals surface area (Å²) < 4.78 is 0. The number of nitro groups is 1. The third-order valence-corrected chi connectivity index (χ3v) is 5.23. The number of nitro benzene ring substituents is 1. The fraction of sp³-hybridized carbons (Fsp3) is 0.300. The van der Waals surface area contributed by atoms with Gasteiger partial charge in [-0.15, -0.1) is 0 Å². The van der Waals surface area contributed by atoms with Crippen LogP contribution in [0.4, 0.5) is 5.69 Å². The van der Waals surface area contributed by atoms with Crippen molar-refractivity contribution in [2.24, 2.45) is 0 Å². The fourth-order valence-electron chi connectivity index (χ4n) is 3.34. The summed E-state index contributed by atoms with van der Waals surface area (Å²) in [5.41, 5.74) is 2.21. The van der Waals surface area contributed by atoms with Crippen LogP contribution in [0, 0.1) is 10.1 Å². The molecule has 2 aromatic carbocycles. The van der Waals surface area contributed by atoms with Gasteiger partial charge in [0.15, 0.2) is 0 Å². The molecular formula is C20H24ClN3O2+2. The molecule has 1 fully saturated rings. The Morgan fingerprint density at radius 2 is 1.73 bits per heavy atom. The number of rotatable bonds is 6. The summed E-state index contributed by atoms with van der Waals surface area (Å²) in [6.07, 6.45) is 4.42. The molecular weight excluding hydrogens is 350 g/mol. The summed E-state index contributed by atoms with van der Waals surface area (Å²) in [6.45, 7) is 6.07. The molecule has 1 aliphatic heterocycles. The fourth-order valence-corrected chi connectivity index (χ4v) is 3.53. The molecule has 1 saturated heterocycles. The monoisotopic (exact) mass is 373 g/mol. The Balaban J connectivity index is 1.49. The summed E-state index contributed by atoms with van der Waals surface area (Å²) in [7, 11) is 0. The maximum atomic E-state index is 10.9. The molecule has 2 N–H and O–H groups in total. The highest BCUT2D eigenvalue weighted by atomic mass is 35.5. The van der Waals surface area contributed by atoms with Crippen molar-refractivity contribution in [1.82, 2.24) is 0 Å². The van der Waals surface area contributed by atoms with Crippen LogP contribution in [0.5, 0.6) is 0 Å². The van der Waals surface area contributed by atoms with E-state index in [2.05, 4.69) is 24.3 Å². The number of quaternary nitrogens is 2. The SMILES string of the molecule is O=[N+]([O-])c1ccc(Cl)c(C[NH+]2CC[NH+](C/C=C/c3ccccc3)CC2)c1. The van der Waals surface area contributed by atoms with Crippen molar-refractivity contribution in [1.29, 1.82) is 0 Å². The summed E-state index contributed by atoms with van der Waals surface area (Å²) in [6, 6.07) is 15.0. The maximum absolute atomic E-state index is 10.9. The van der Waals surface area contributed by atoms with E-state index in [0.29, 0.717) is 5.02 Å². The molecule has 136 valence electrons. The number of nitrogens with zero attached hydrogens (tertiary/aromatic N) is 1. The van der Waals surface area contributed by atoms with Crippen molar-refractivity contribution < 1.29 is 14.7 Å². The Hall–Kier alpha value is -2.21. The molecule has 0 unspecified atom stereocenters. The summed E-state index contributed by atoms with van der Waals surface area (Å²) >= 11 is 6.23. The van der Waals surface area contributed by atoms with Gasteiger partial charge in [-0.05, 0) is 17.7 Å². The Morgan fingerprint density at radius 3 is 2.42 bits per heavy atom. The van der Waals surface area contributed by atoms with Crippen LogP contribution in [0.25, 0.3) is 6.08 Å². The van der Waals surface area contributed by atoms with Crippen LogP contribution in [0.2, 0.25) is 5.02 Å². The molecule has 0 saturated carbocycles. The number of non-ortho nitro benzene ring substituents is 1. The lowest BCUT2D eigenvalue weighted by Gasteiger charge is -2.29. The van der Waals surface area contributed by atoms with E-state index in [-0.39, 0.29) is 10.6 Å². The largest absolute Gasteiger partial charge is 0.322 e. The van der Waals surface area contributed by atoms with Crippen molar-refractivity contribution in [2.75, 3.05) is 32.7 Å². The minimum atomic E-state index is -0.365. The smallest absolute Gasteiger partial charge is 0.270 e. The quantitative estimate of drug-likeness (QED) is 0.591. The van der Waals surface area contributed by atoms with Gasteiger partial charge in [0.1, 0.15) is 32.7 Å². The van der Waals surface area contributed by atoms with Crippen LogP contribution in [-0.4, -0.2) is 37.6 Å². The van der Waals surface area contributed by atoms with E-state index in [0.717, 1.165) is 44.8 Å². The number of hydrogen-bond acceptors (Lipinski definition) is 2. The first-order chi connectivity index (χ1) is 12.6. The van der Waals surface area contributed by atoms with E-state index in [1.165, 1.54) is 16.5 Å². The van der Waals surface area contributed by atoms with Crippen LogP contribution in [0.15, 0.2) is 54.6 Å². The zero-order valence-electron chi connectivity index (χ0n) is 14.7. The van der Waals surface area contributed by atoms with Crippen molar-refractivity contribution in [3.8, 4) is 0 Å². The van der Waals surface area contributed by atoms with Crippen LogP contribution in [-0.2, 0) is 6.54 Å². The summed E-state index contributed by atoms with van der Waals surface area (Å²) in [5, 5.41) is 11.6. The minimum Gasteiger partial charge on any atom is -0.322 e. The number of nitrogens with one attached hydrogen (secondary N) is 2. The van der Waals surface area contributed by atoms with Crippen LogP contribution in [0.1, 0.15) is 11.1 Å². The molecule has 0 aromatic heterocycles. The van der Waals surface area contributed by atoms with Gasteiger partial charge in [0.05, 0.1) is 11.5 Å². The van der Waals surface area contributed by atoms with Crippen molar-refractivity contribution in [2.45, 2.75) is 6.54 Å². The average Bonchev–Trinajstić information content (AvgIpc) is 2.65. The molecule has 0 atom stereocenters. The molecule has 0 amide bonds. The van der Waals surface area contributed by atoms with E-state index >= 15 is 0 Å². The topological polar surface area (TPSA) is 52.0 Å². The van der Waals surface area contributed by atoms with Gasteiger partial charge in [-0.1, -0.05) is 48.0 Å². The first kappa shape index (κ1) is 18.6. The van der Waals surface area contributed by atoms with E-state index < -0.39 is 0 Å². The molecule has 0 aliphatic carbocycles. The second-order valence-corrected chi connectivity index (χ2v) is 7.13. The number of benzene rings is 2. The Labute approximate surface area is 158 Å². The minimum absolute atomic E-state index is 0.110. The summed E-state index contributed by atoms with van der Waals surface area (Å²) in [5.74, 6) is 0. The first-order valence-corrected chi connectivity index (χ1v) is 9.31. The van der Waals surface area contributed by atoms with Crippen molar-refractivity contribution in [3.05, 3.63) is 80.9 Å². The third-order valence-electron chi connectivity index (χ3n) is 4.86. The molecule has 1 heterocycles. The molecule has 0 spiro atoms. The molecule has 6 heteroatoms. The lowest BCUT2D eigenvalue weighted by Crippen LogP contribution is -3.27. The van der Waals surface area contributed by atoms with E-state index in [4.69, 9.17) is 11.6 Å². The van der Waals surface area contributed by atoms with Gasteiger partial charge < -0.3 is 9.80 Å². The number of hydrogen-bond donors (Lipinski definition) is 2. The van der Waals surface area contributed by atoms with Crippen LogP contribution >= 0.6 is 11.6 Å². The molecule has 3 rings (SSSR count). The Morgan fingerprint density at radius 1 is 1.04 bits per heavy atom. The van der Waals surface area contributed by atoms with E-state index in [9.17, 15) is 10.1 Å². The molecule has 5 nitrogen and oxygen atoms in total. The van der Waals surface area contributed by atoms with Gasteiger partial charge in [-0.2, -0.15) is 0 Å². The zero-order chi connectivity index (χ0) is 18.4. The summed E-state index contributed by atoms with van der Waals surface area (Å²) in [4.78, 5) is 13.6. The molecule has 0 bridgehead atoms. The van der Waals surface area contributed by atoms with Gasteiger partial charge in [-0.3, -0.25) is 10.1 Å². The molecule has 0 radical (unpaired) electrons. The highest BCUT2D eigenvalue weighted by Gasteiger charge is 2.23. The van der Waals surface area contributed by atoms with Crippen LogP contribution in [0.3, 0.4) is 0 Å². The standard InChI is InChI=1S/C20H22ClN3O2/c21-20-9-8-19(24(25)26)15-18(20)16-23-13-11-22(12-14-23)10-4-7-17-5-2-1-3-6-17/h1-9,15H,10-14,16H2/p+2/b7-4+. The molecule has 1 aliphatic rings. The normalized spacial score (nSPS) is 20.3. The molecule has 2 aromatic rings. The number of piperazine rings is 1. The third kappa shape index (κ3) is 5.14. The predicted octanol–water partition coefficient (Wildman–Crippen LogP) is 1.24.